The van der Waals surface area contributed by atoms with Crippen LogP contribution in [0.3, 0.4) is 0 Å². The highest BCUT2D eigenvalue weighted by molar-refractivity contribution is 5.76. The van der Waals surface area contributed by atoms with Gasteiger partial charge in [0.1, 0.15) is 0 Å². The summed E-state index contributed by atoms with van der Waals surface area (Å²) >= 11 is 0. The summed E-state index contributed by atoms with van der Waals surface area (Å²) in [5, 5.41) is 0. The molecule has 1 unspecified atom stereocenters. The van der Waals surface area contributed by atoms with E-state index in [0.29, 0.717) is 5.69 Å². The summed E-state index contributed by atoms with van der Waals surface area (Å²) in [5.74, 6) is -0.811. The predicted octanol–water partition coefficient (Wildman–Crippen LogP) is -0.448. The van der Waals surface area contributed by atoms with E-state index in [1.807, 2.05) is 0 Å². The van der Waals surface area contributed by atoms with Gasteiger partial charge in [-0.1, -0.05) is 6.92 Å². The number of carbonyl (C=O) groups excluding carboxylic acids is 1. The molecule has 1 heterocycles. The van der Waals surface area contributed by atoms with Gasteiger partial charge in [0.25, 0.3) is 5.56 Å². The van der Waals surface area contributed by atoms with Crippen molar-refractivity contribution in [2.24, 2.45) is 11.7 Å². The summed E-state index contributed by atoms with van der Waals surface area (Å²) in [6.07, 6.45) is 1.50. The Bertz CT molecular complexity index is 397. The lowest BCUT2D eigenvalue weighted by atomic mass is 10.1. The monoisotopic (exact) mass is 195 g/mol. The van der Waals surface area contributed by atoms with Crippen molar-refractivity contribution in [1.29, 1.82) is 0 Å². The fourth-order valence-electron chi connectivity index (χ4n) is 1.08. The lowest BCUT2D eigenvalue weighted by molar-refractivity contribution is -0.121. The number of nitrogen functional groups attached to an aromatic ring is 1. The van der Waals surface area contributed by atoms with Crippen LogP contribution >= 0.6 is 0 Å². The lowest BCUT2D eigenvalue weighted by Crippen LogP contribution is -2.29. The van der Waals surface area contributed by atoms with Crippen molar-refractivity contribution in [2.75, 3.05) is 5.73 Å². The molecule has 1 aromatic rings. The zero-order valence-electron chi connectivity index (χ0n) is 7.93. The van der Waals surface area contributed by atoms with Gasteiger partial charge >= 0.3 is 0 Å². The molecule has 0 saturated carbocycles. The minimum absolute atomic E-state index is 0.188. The van der Waals surface area contributed by atoms with Gasteiger partial charge in [0.05, 0.1) is 5.92 Å². The molecule has 5 nitrogen and oxygen atoms in total. The van der Waals surface area contributed by atoms with Gasteiger partial charge in [0.15, 0.2) is 0 Å². The van der Waals surface area contributed by atoms with E-state index in [4.69, 9.17) is 11.5 Å². The molecular weight excluding hydrogens is 182 g/mol. The van der Waals surface area contributed by atoms with E-state index in [-0.39, 0.29) is 18.0 Å². The number of amides is 1. The maximum absolute atomic E-state index is 11.3. The first-order valence-corrected chi connectivity index (χ1v) is 4.26. The van der Waals surface area contributed by atoms with Crippen LogP contribution in [0.15, 0.2) is 23.1 Å². The molecule has 76 valence electrons. The van der Waals surface area contributed by atoms with Crippen LogP contribution in [0, 0.1) is 5.92 Å². The Hall–Kier alpha value is -1.78. The Labute approximate surface area is 81.3 Å². The third-order valence-electron chi connectivity index (χ3n) is 1.96. The molecule has 0 spiro atoms. The van der Waals surface area contributed by atoms with Crippen molar-refractivity contribution in [3.63, 3.8) is 0 Å². The number of pyridine rings is 1. The average molecular weight is 195 g/mol. The van der Waals surface area contributed by atoms with Crippen molar-refractivity contribution >= 4 is 11.6 Å². The Morgan fingerprint density at radius 2 is 2.21 bits per heavy atom. The van der Waals surface area contributed by atoms with E-state index >= 15 is 0 Å². The molecule has 1 atom stereocenters. The van der Waals surface area contributed by atoms with Crippen LogP contribution in [0.25, 0.3) is 0 Å². The summed E-state index contributed by atoms with van der Waals surface area (Å²) in [7, 11) is 0. The summed E-state index contributed by atoms with van der Waals surface area (Å²) in [6, 6.07) is 2.89. The molecule has 0 saturated heterocycles. The van der Waals surface area contributed by atoms with Gasteiger partial charge in [-0.25, -0.2) is 0 Å². The van der Waals surface area contributed by atoms with Gasteiger partial charge in [-0.15, -0.1) is 0 Å². The number of primary amides is 1. The number of hydrogen-bond donors (Lipinski definition) is 2. The molecule has 0 aliphatic carbocycles. The zero-order valence-corrected chi connectivity index (χ0v) is 7.93. The maximum Gasteiger partial charge on any atom is 0.250 e. The molecule has 4 N–H and O–H groups in total. The van der Waals surface area contributed by atoms with Gasteiger partial charge in [0, 0.05) is 24.5 Å². The van der Waals surface area contributed by atoms with Crippen LogP contribution in [0.5, 0.6) is 0 Å². The van der Waals surface area contributed by atoms with E-state index in [0.717, 1.165) is 0 Å². The Morgan fingerprint density at radius 1 is 1.57 bits per heavy atom. The number of carbonyl (C=O) groups is 1. The van der Waals surface area contributed by atoms with Crippen LogP contribution in [0.2, 0.25) is 0 Å². The smallest absolute Gasteiger partial charge is 0.250 e. The molecular formula is C9H13N3O2. The molecule has 0 aliphatic heterocycles. The molecule has 1 amide bonds. The molecule has 0 radical (unpaired) electrons. The molecule has 0 fully saturated rings. The summed E-state index contributed by atoms with van der Waals surface area (Å²) in [5.41, 5.74) is 10.9. The van der Waals surface area contributed by atoms with Gasteiger partial charge in [-0.3, -0.25) is 9.59 Å². The second-order valence-corrected chi connectivity index (χ2v) is 3.26. The normalized spacial score (nSPS) is 12.4. The van der Waals surface area contributed by atoms with E-state index in [1.54, 1.807) is 6.92 Å². The van der Waals surface area contributed by atoms with Gasteiger partial charge in [0.2, 0.25) is 5.91 Å². The van der Waals surface area contributed by atoms with Gasteiger partial charge in [-0.05, 0) is 6.07 Å². The largest absolute Gasteiger partial charge is 0.398 e. The van der Waals surface area contributed by atoms with Crippen molar-refractivity contribution < 1.29 is 4.79 Å². The third-order valence-corrected chi connectivity index (χ3v) is 1.96. The highest BCUT2D eigenvalue weighted by Gasteiger charge is 2.09. The number of aromatic nitrogens is 1. The van der Waals surface area contributed by atoms with Crippen LogP contribution in [0.4, 0.5) is 5.69 Å². The first-order valence-electron chi connectivity index (χ1n) is 4.26. The quantitative estimate of drug-likeness (QED) is 0.684. The van der Waals surface area contributed by atoms with Gasteiger partial charge < -0.3 is 16.0 Å². The fourth-order valence-corrected chi connectivity index (χ4v) is 1.08. The minimum Gasteiger partial charge on any atom is -0.398 e. The van der Waals surface area contributed by atoms with Crippen molar-refractivity contribution in [3.05, 3.63) is 28.7 Å². The van der Waals surface area contributed by atoms with Crippen molar-refractivity contribution in [1.82, 2.24) is 4.57 Å². The third kappa shape index (κ3) is 2.35. The molecule has 14 heavy (non-hydrogen) atoms. The van der Waals surface area contributed by atoms with E-state index in [1.165, 1.54) is 22.9 Å². The van der Waals surface area contributed by atoms with Crippen LogP contribution in [-0.4, -0.2) is 10.5 Å². The zero-order chi connectivity index (χ0) is 10.7. The molecule has 0 aliphatic rings. The highest BCUT2D eigenvalue weighted by Crippen LogP contribution is 2.00. The van der Waals surface area contributed by atoms with E-state index < -0.39 is 5.91 Å². The first kappa shape index (κ1) is 10.3. The highest BCUT2D eigenvalue weighted by atomic mass is 16.1. The molecule has 5 heteroatoms. The Morgan fingerprint density at radius 3 is 2.79 bits per heavy atom. The first-order chi connectivity index (χ1) is 6.50. The standard InChI is InChI=1S/C9H13N3O2/c1-6(9(11)14)4-12-5-7(10)2-3-8(12)13/h2-3,5-6H,4,10H2,1H3,(H2,11,14). The molecule has 1 aromatic heterocycles. The number of anilines is 1. The summed E-state index contributed by atoms with van der Waals surface area (Å²) in [4.78, 5) is 22.1. The number of rotatable bonds is 3. The second kappa shape index (κ2) is 3.95. The van der Waals surface area contributed by atoms with Crippen molar-refractivity contribution in [2.45, 2.75) is 13.5 Å². The summed E-state index contributed by atoms with van der Waals surface area (Å²) < 4.78 is 1.38. The number of hydrogen-bond acceptors (Lipinski definition) is 3. The van der Waals surface area contributed by atoms with E-state index in [2.05, 4.69) is 0 Å². The fraction of sp³-hybridized carbons (Fsp3) is 0.333. The number of nitrogens with two attached hydrogens (primary N) is 2. The van der Waals surface area contributed by atoms with Crippen LogP contribution in [0.1, 0.15) is 6.92 Å². The number of nitrogens with zero attached hydrogens (tertiary/aromatic N) is 1. The predicted molar refractivity (Wildman–Crippen MR) is 53.5 cm³/mol. The average Bonchev–Trinajstić information content (AvgIpc) is 2.11. The molecule has 0 bridgehead atoms. The molecule has 1 rings (SSSR count). The second-order valence-electron chi connectivity index (χ2n) is 3.26. The maximum atomic E-state index is 11.3. The topological polar surface area (TPSA) is 91.1 Å². The lowest BCUT2D eigenvalue weighted by Gasteiger charge is -2.09. The van der Waals surface area contributed by atoms with E-state index in [9.17, 15) is 9.59 Å². The van der Waals surface area contributed by atoms with Crippen LogP contribution in [-0.2, 0) is 11.3 Å². The molecule has 0 aromatic carbocycles. The minimum atomic E-state index is -0.431. The summed E-state index contributed by atoms with van der Waals surface area (Å²) in [6.45, 7) is 1.93. The Kier molecular flexibility index (Phi) is 2.91. The Balaban J connectivity index is 2.91. The van der Waals surface area contributed by atoms with Gasteiger partial charge in [-0.2, -0.15) is 0 Å². The SMILES string of the molecule is CC(Cn1cc(N)ccc1=O)C(N)=O. The van der Waals surface area contributed by atoms with Crippen molar-refractivity contribution in [3.8, 4) is 0 Å². The van der Waals surface area contributed by atoms with Crippen LogP contribution < -0.4 is 17.0 Å².